The molecule has 40 heavy (non-hydrogen) atoms. The van der Waals surface area contributed by atoms with Crippen molar-refractivity contribution in [3.63, 3.8) is 0 Å². The van der Waals surface area contributed by atoms with E-state index in [1.165, 1.54) is 18.4 Å². The minimum absolute atomic E-state index is 0.0434. The molecule has 2 N–H and O–H groups in total. The maximum atomic E-state index is 13.9. The van der Waals surface area contributed by atoms with Crippen LogP contribution in [0.2, 0.25) is 0 Å². The fraction of sp³-hybridized carbons (Fsp3) is 0.167. The van der Waals surface area contributed by atoms with Crippen LogP contribution >= 0.6 is 33.9 Å². The Morgan fingerprint density at radius 2 is 1.90 bits per heavy atom. The highest BCUT2D eigenvalue weighted by Gasteiger charge is 2.32. The molecule has 0 fully saturated rings. The third-order valence-electron chi connectivity index (χ3n) is 6.37. The number of hydrogen-bond donors (Lipinski definition) is 2. The Labute approximate surface area is 248 Å². The highest BCUT2D eigenvalue weighted by molar-refractivity contribution is 14.1. The van der Waals surface area contributed by atoms with E-state index in [0.717, 1.165) is 5.56 Å². The van der Waals surface area contributed by atoms with Crippen molar-refractivity contribution in [2.24, 2.45) is 4.99 Å². The molecule has 5 rings (SSSR count). The molecule has 0 aliphatic carbocycles. The molecular weight excluding hydrogens is 641 g/mol. The van der Waals surface area contributed by atoms with E-state index in [9.17, 15) is 14.7 Å². The lowest BCUT2D eigenvalue weighted by molar-refractivity contribution is -0.113. The van der Waals surface area contributed by atoms with Crippen molar-refractivity contribution in [2.45, 2.75) is 19.9 Å². The lowest BCUT2D eigenvalue weighted by Crippen LogP contribution is -2.40. The largest absolute Gasteiger partial charge is 0.504 e. The number of nitrogens with one attached hydrogen (secondary N) is 1. The third-order valence-corrected chi connectivity index (χ3v) is 8.18. The lowest BCUT2D eigenvalue weighted by atomic mass is 9.95. The molecule has 0 bridgehead atoms. The Morgan fingerprint density at radius 1 is 1.18 bits per heavy atom. The Hall–Kier alpha value is -3.90. The van der Waals surface area contributed by atoms with Gasteiger partial charge in [-0.2, -0.15) is 0 Å². The summed E-state index contributed by atoms with van der Waals surface area (Å²) in [6.45, 7) is 4.22. The average molecular weight is 668 g/mol. The van der Waals surface area contributed by atoms with E-state index < -0.39 is 6.04 Å². The van der Waals surface area contributed by atoms with Crippen LogP contribution in [0.15, 0.2) is 87.8 Å². The van der Waals surface area contributed by atoms with Crippen LogP contribution in [-0.2, 0) is 4.79 Å². The van der Waals surface area contributed by atoms with E-state index >= 15 is 0 Å². The van der Waals surface area contributed by atoms with Crippen molar-refractivity contribution in [3.05, 3.63) is 112 Å². The number of anilines is 1. The first-order valence-electron chi connectivity index (χ1n) is 12.5. The van der Waals surface area contributed by atoms with Gasteiger partial charge in [-0.25, -0.2) is 4.99 Å². The molecule has 2 heterocycles. The molecule has 1 aromatic heterocycles. The summed E-state index contributed by atoms with van der Waals surface area (Å²) in [5, 5.41) is 13.2. The maximum absolute atomic E-state index is 13.9. The van der Waals surface area contributed by atoms with Gasteiger partial charge >= 0.3 is 0 Å². The van der Waals surface area contributed by atoms with Gasteiger partial charge in [-0.15, -0.1) is 0 Å². The molecule has 1 amide bonds. The van der Waals surface area contributed by atoms with Crippen LogP contribution in [-0.4, -0.2) is 29.3 Å². The zero-order chi connectivity index (χ0) is 28.4. The van der Waals surface area contributed by atoms with E-state index in [4.69, 9.17) is 14.5 Å². The van der Waals surface area contributed by atoms with Crippen molar-refractivity contribution in [1.82, 2.24) is 4.57 Å². The zero-order valence-corrected chi connectivity index (χ0v) is 24.9. The number of allylic oxidation sites excluding steroid dienone is 1. The topological polar surface area (TPSA) is 102 Å². The first-order valence-corrected chi connectivity index (χ1v) is 14.4. The van der Waals surface area contributed by atoms with Crippen LogP contribution in [0.4, 0.5) is 5.69 Å². The van der Waals surface area contributed by atoms with E-state index in [1.54, 1.807) is 29.7 Å². The molecule has 1 aliphatic heterocycles. The van der Waals surface area contributed by atoms with Crippen LogP contribution in [0.3, 0.4) is 0 Å². The number of methoxy groups -OCH3 is 1. The fourth-order valence-corrected chi connectivity index (χ4v) is 6.22. The molecular formula is C30H26IN3O5S. The van der Waals surface area contributed by atoms with Crippen molar-refractivity contribution >= 4 is 51.6 Å². The number of nitrogens with zero attached hydrogens (tertiary/aromatic N) is 2. The summed E-state index contributed by atoms with van der Waals surface area (Å²) in [6.07, 6.45) is 1.74. The van der Waals surface area contributed by atoms with Crippen LogP contribution in [0.5, 0.6) is 17.2 Å². The predicted octanol–water partition coefficient (Wildman–Crippen LogP) is 4.59. The Kier molecular flexibility index (Phi) is 8.08. The van der Waals surface area contributed by atoms with Gasteiger partial charge in [0.1, 0.15) is 5.75 Å². The normalized spacial score (nSPS) is 14.9. The number of rotatable bonds is 7. The summed E-state index contributed by atoms with van der Waals surface area (Å²) >= 11 is 3.26. The quantitative estimate of drug-likeness (QED) is 0.281. The average Bonchev–Trinajstić information content (AvgIpc) is 3.24. The first-order chi connectivity index (χ1) is 19.3. The van der Waals surface area contributed by atoms with Crippen LogP contribution in [0.25, 0.3) is 6.08 Å². The van der Waals surface area contributed by atoms with Crippen LogP contribution in [0, 0.1) is 3.57 Å². The minimum atomic E-state index is -0.702. The number of amides is 1. The van der Waals surface area contributed by atoms with Crippen LogP contribution in [0.1, 0.15) is 31.0 Å². The van der Waals surface area contributed by atoms with Gasteiger partial charge in [0.25, 0.3) is 11.5 Å². The van der Waals surface area contributed by atoms with Crippen molar-refractivity contribution in [3.8, 4) is 17.2 Å². The molecule has 0 spiro atoms. The molecule has 0 saturated heterocycles. The number of aromatic hydroxyl groups is 1. The number of carbonyl (C=O) groups excluding carboxylic acids is 1. The van der Waals surface area contributed by atoms with Gasteiger partial charge in [0.2, 0.25) is 0 Å². The van der Waals surface area contributed by atoms with Gasteiger partial charge in [-0.3, -0.25) is 14.2 Å². The lowest BCUT2D eigenvalue weighted by Gasteiger charge is -2.25. The summed E-state index contributed by atoms with van der Waals surface area (Å²) in [7, 11) is 1.48. The second-order valence-electron chi connectivity index (χ2n) is 8.96. The van der Waals surface area contributed by atoms with Crippen LogP contribution < -0.4 is 29.7 Å². The SMILES string of the molecule is CCOc1ccc([C@H]2C(C(=O)Nc3ccccc3)=C(C)N=c3s/c(=C\c4cc(I)c(O)c(OC)c4)c(=O)n32)cc1. The number of hydrogen-bond acceptors (Lipinski definition) is 7. The maximum Gasteiger partial charge on any atom is 0.271 e. The molecule has 10 heteroatoms. The van der Waals surface area contributed by atoms with Gasteiger partial charge in [0.15, 0.2) is 16.3 Å². The third kappa shape index (κ3) is 5.41. The molecule has 0 saturated carbocycles. The van der Waals surface area contributed by atoms with E-state index in [-0.39, 0.29) is 17.2 Å². The minimum Gasteiger partial charge on any atom is -0.504 e. The molecule has 3 aromatic carbocycles. The number of benzene rings is 3. The van der Waals surface area contributed by atoms with E-state index in [2.05, 4.69) is 5.32 Å². The highest BCUT2D eigenvalue weighted by Crippen LogP contribution is 2.33. The van der Waals surface area contributed by atoms with Gasteiger partial charge in [-0.1, -0.05) is 41.7 Å². The van der Waals surface area contributed by atoms with E-state index in [1.807, 2.05) is 84.1 Å². The summed E-state index contributed by atoms with van der Waals surface area (Å²) < 4.78 is 13.5. The number of phenols is 1. The monoisotopic (exact) mass is 667 g/mol. The van der Waals surface area contributed by atoms with Gasteiger partial charge in [0.05, 0.1) is 39.1 Å². The molecule has 1 aliphatic rings. The standard InChI is InChI=1S/C30H26IN3O5S/c1-4-39-21-12-10-19(11-13-21)26-25(28(36)33-20-8-6-5-7-9-20)17(2)32-30-34(26)29(37)24(40-30)16-18-14-22(31)27(35)23(15-18)38-3/h5-16,26,35H,4H2,1-3H3,(H,33,36)/b24-16-/t26-/m0/s1. The van der Waals surface area contributed by atoms with Crippen molar-refractivity contribution in [1.29, 1.82) is 0 Å². The number of aromatic nitrogens is 1. The summed E-state index contributed by atoms with van der Waals surface area (Å²) in [6, 6.07) is 19.3. The number of para-hydroxylation sites is 1. The molecule has 1 atom stereocenters. The Bertz CT molecular complexity index is 1790. The second kappa shape index (κ2) is 11.7. The summed E-state index contributed by atoms with van der Waals surface area (Å²) in [5.74, 6) is 0.722. The van der Waals surface area contributed by atoms with Crippen molar-refractivity contribution < 1.29 is 19.4 Å². The van der Waals surface area contributed by atoms with Gasteiger partial charge in [0, 0.05) is 5.69 Å². The summed E-state index contributed by atoms with van der Waals surface area (Å²) in [4.78, 5) is 32.8. The molecule has 204 valence electrons. The number of thiazole rings is 1. The van der Waals surface area contributed by atoms with Gasteiger partial charge < -0.3 is 19.9 Å². The second-order valence-corrected chi connectivity index (χ2v) is 11.1. The number of fused-ring (bicyclic) bond motifs is 1. The molecule has 4 aromatic rings. The molecule has 0 radical (unpaired) electrons. The summed E-state index contributed by atoms with van der Waals surface area (Å²) in [5.41, 5.74) is 2.73. The smallest absolute Gasteiger partial charge is 0.271 e. The predicted molar refractivity (Wildman–Crippen MR) is 164 cm³/mol. The molecule has 8 nitrogen and oxygen atoms in total. The number of phenolic OH excluding ortho intramolecular Hbond substituents is 1. The molecule has 0 unspecified atom stereocenters. The first kappa shape index (κ1) is 27.7. The number of carbonyl (C=O) groups is 1. The number of halogens is 1. The number of ether oxygens (including phenoxy) is 2. The zero-order valence-electron chi connectivity index (χ0n) is 22.0. The fourth-order valence-electron chi connectivity index (χ4n) is 4.54. The Balaban J connectivity index is 1.67. The van der Waals surface area contributed by atoms with E-state index in [0.29, 0.717) is 53.5 Å². The highest BCUT2D eigenvalue weighted by atomic mass is 127. The Morgan fingerprint density at radius 3 is 2.58 bits per heavy atom. The van der Waals surface area contributed by atoms with Gasteiger partial charge in [-0.05, 0) is 90.0 Å². The van der Waals surface area contributed by atoms with Crippen molar-refractivity contribution in [2.75, 3.05) is 19.0 Å².